The Morgan fingerprint density at radius 3 is 2.21 bits per heavy atom. The van der Waals surface area contributed by atoms with Crippen LogP contribution in [0.4, 0.5) is 11.6 Å². The van der Waals surface area contributed by atoms with Gasteiger partial charge in [0.25, 0.3) is 5.91 Å². The first-order chi connectivity index (χ1) is 14.2. The van der Waals surface area contributed by atoms with E-state index in [-0.39, 0.29) is 5.91 Å². The molecule has 1 amide bonds. The van der Waals surface area contributed by atoms with E-state index in [2.05, 4.69) is 31.9 Å². The highest BCUT2D eigenvalue weighted by Gasteiger charge is 2.24. The first kappa shape index (κ1) is 19.5. The number of benzene rings is 1. The number of ether oxygens (including phenoxy) is 1. The van der Waals surface area contributed by atoms with Crippen LogP contribution in [0.3, 0.4) is 0 Å². The van der Waals surface area contributed by atoms with Crippen LogP contribution in [-0.2, 0) is 0 Å². The first-order valence-electron chi connectivity index (χ1n) is 10.5. The van der Waals surface area contributed by atoms with Crippen molar-refractivity contribution in [3.05, 3.63) is 42.2 Å². The maximum Gasteiger partial charge on any atom is 0.272 e. The number of aromatic nitrogens is 2. The van der Waals surface area contributed by atoms with Crippen molar-refractivity contribution in [2.75, 3.05) is 56.2 Å². The quantitative estimate of drug-likeness (QED) is 0.793. The fourth-order valence-corrected chi connectivity index (χ4v) is 4.01. The van der Waals surface area contributed by atoms with Crippen LogP contribution >= 0.6 is 0 Å². The van der Waals surface area contributed by atoms with Gasteiger partial charge in [-0.2, -0.15) is 0 Å². The van der Waals surface area contributed by atoms with E-state index in [1.54, 1.807) is 19.4 Å². The number of anilines is 2. The largest absolute Gasteiger partial charge is 0.497 e. The van der Waals surface area contributed by atoms with Crippen LogP contribution in [-0.4, -0.2) is 67.2 Å². The molecule has 4 rings (SSSR count). The third kappa shape index (κ3) is 4.60. The number of carbonyl (C=O) groups is 1. The normalized spacial score (nSPS) is 17.8. The standard InChI is InChI=1S/C22H29N5O2/c1-29-19-8-6-18(7-9-19)25-14-16-26(17-15-25)21(28)20-10-11-23-22(24-20)27-12-4-2-3-5-13-27/h6-11H,2-5,12-17H2,1H3. The van der Waals surface area contributed by atoms with Gasteiger partial charge in [0.15, 0.2) is 0 Å². The van der Waals surface area contributed by atoms with Crippen molar-refractivity contribution >= 4 is 17.5 Å². The number of rotatable bonds is 4. The zero-order chi connectivity index (χ0) is 20.1. The molecule has 1 aromatic heterocycles. The average molecular weight is 396 g/mol. The number of amides is 1. The number of methoxy groups -OCH3 is 1. The Morgan fingerprint density at radius 2 is 1.55 bits per heavy atom. The van der Waals surface area contributed by atoms with Gasteiger partial charge in [-0.1, -0.05) is 12.8 Å². The molecule has 1 aromatic carbocycles. The van der Waals surface area contributed by atoms with Gasteiger partial charge in [-0.3, -0.25) is 4.79 Å². The Bertz CT molecular complexity index is 810. The minimum atomic E-state index is -0.00199. The molecule has 0 atom stereocenters. The lowest BCUT2D eigenvalue weighted by molar-refractivity contribution is 0.0740. The molecule has 2 fully saturated rings. The fraction of sp³-hybridized carbons (Fsp3) is 0.500. The molecule has 154 valence electrons. The Balaban J connectivity index is 1.38. The van der Waals surface area contributed by atoms with Gasteiger partial charge in [-0.05, 0) is 43.2 Å². The molecule has 7 nitrogen and oxygen atoms in total. The molecular formula is C22H29N5O2. The van der Waals surface area contributed by atoms with Crippen LogP contribution in [0.1, 0.15) is 36.2 Å². The van der Waals surface area contributed by atoms with E-state index in [4.69, 9.17) is 4.74 Å². The average Bonchev–Trinajstić information content (AvgIpc) is 3.09. The third-order valence-electron chi connectivity index (χ3n) is 5.76. The minimum absolute atomic E-state index is 0.00199. The summed E-state index contributed by atoms with van der Waals surface area (Å²) in [5.41, 5.74) is 1.65. The monoisotopic (exact) mass is 395 g/mol. The highest BCUT2D eigenvalue weighted by molar-refractivity contribution is 5.92. The van der Waals surface area contributed by atoms with Gasteiger partial charge in [-0.25, -0.2) is 9.97 Å². The Kier molecular flexibility index (Phi) is 6.12. The third-order valence-corrected chi connectivity index (χ3v) is 5.76. The predicted molar refractivity (Wildman–Crippen MR) is 114 cm³/mol. The Hall–Kier alpha value is -2.83. The van der Waals surface area contributed by atoms with Gasteiger partial charge in [0.05, 0.1) is 7.11 Å². The molecular weight excluding hydrogens is 366 g/mol. The lowest BCUT2D eigenvalue weighted by atomic mass is 10.2. The van der Waals surface area contributed by atoms with Crippen molar-refractivity contribution in [2.24, 2.45) is 0 Å². The van der Waals surface area contributed by atoms with E-state index in [1.807, 2.05) is 17.0 Å². The summed E-state index contributed by atoms with van der Waals surface area (Å²) in [6.07, 6.45) is 6.55. The maximum absolute atomic E-state index is 13.0. The van der Waals surface area contributed by atoms with Crippen LogP contribution in [0.2, 0.25) is 0 Å². The predicted octanol–water partition coefficient (Wildman–Crippen LogP) is 2.83. The molecule has 2 saturated heterocycles. The van der Waals surface area contributed by atoms with Crippen LogP contribution < -0.4 is 14.5 Å². The Labute approximate surface area is 172 Å². The van der Waals surface area contributed by atoms with Crippen molar-refractivity contribution < 1.29 is 9.53 Å². The molecule has 0 spiro atoms. The van der Waals surface area contributed by atoms with Crippen LogP contribution in [0.5, 0.6) is 5.75 Å². The summed E-state index contributed by atoms with van der Waals surface area (Å²) in [4.78, 5) is 28.4. The first-order valence-corrected chi connectivity index (χ1v) is 10.5. The minimum Gasteiger partial charge on any atom is -0.497 e. The van der Waals surface area contributed by atoms with Crippen LogP contribution in [0, 0.1) is 0 Å². The number of piperazine rings is 1. The fourth-order valence-electron chi connectivity index (χ4n) is 4.01. The van der Waals surface area contributed by atoms with Gasteiger partial charge in [-0.15, -0.1) is 0 Å². The molecule has 7 heteroatoms. The summed E-state index contributed by atoms with van der Waals surface area (Å²) in [5.74, 6) is 1.54. The molecule has 0 saturated carbocycles. The van der Waals surface area contributed by atoms with E-state index >= 15 is 0 Å². The van der Waals surface area contributed by atoms with Gasteiger partial charge in [0.1, 0.15) is 11.4 Å². The smallest absolute Gasteiger partial charge is 0.272 e. The second-order valence-corrected chi connectivity index (χ2v) is 7.62. The van der Waals surface area contributed by atoms with Crippen molar-refractivity contribution in [2.45, 2.75) is 25.7 Å². The summed E-state index contributed by atoms with van der Waals surface area (Å²) < 4.78 is 5.23. The highest BCUT2D eigenvalue weighted by Crippen LogP contribution is 2.21. The SMILES string of the molecule is COc1ccc(N2CCN(C(=O)c3ccnc(N4CCCCCC4)n3)CC2)cc1. The summed E-state index contributed by atoms with van der Waals surface area (Å²) in [5, 5.41) is 0. The zero-order valence-corrected chi connectivity index (χ0v) is 17.1. The zero-order valence-electron chi connectivity index (χ0n) is 17.1. The molecule has 0 unspecified atom stereocenters. The van der Waals surface area contributed by atoms with Crippen molar-refractivity contribution in [3.8, 4) is 5.75 Å². The van der Waals surface area contributed by atoms with Crippen molar-refractivity contribution in [1.82, 2.24) is 14.9 Å². The Morgan fingerprint density at radius 1 is 0.862 bits per heavy atom. The molecule has 3 heterocycles. The van der Waals surface area contributed by atoms with E-state index in [1.165, 1.54) is 12.8 Å². The van der Waals surface area contributed by atoms with Gasteiger partial charge in [0, 0.05) is 51.2 Å². The molecule has 29 heavy (non-hydrogen) atoms. The van der Waals surface area contributed by atoms with Gasteiger partial charge in [0.2, 0.25) is 5.95 Å². The summed E-state index contributed by atoms with van der Waals surface area (Å²) in [6.45, 7) is 4.93. The van der Waals surface area contributed by atoms with E-state index < -0.39 is 0 Å². The molecule has 0 bridgehead atoms. The van der Waals surface area contributed by atoms with Gasteiger partial charge >= 0.3 is 0 Å². The second-order valence-electron chi connectivity index (χ2n) is 7.62. The molecule has 2 aliphatic rings. The van der Waals surface area contributed by atoms with Crippen LogP contribution in [0.25, 0.3) is 0 Å². The summed E-state index contributed by atoms with van der Waals surface area (Å²) in [6, 6.07) is 9.80. The number of hydrogen-bond donors (Lipinski definition) is 0. The lowest BCUT2D eigenvalue weighted by Gasteiger charge is -2.36. The summed E-state index contributed by atoms with van der Waals surface area (Å²) in [7, 11) is 1.67. The molecule has 0 radical (unpaired) electrons. The molecule has 2 aliphatic heterocycles. The molecule has 0 N–H and O–H groups in total. The van der Waals surface area contributed by atoms with Crippen molar-refractivity contribution in [1.29, 1.82) is 0 Å². The number of nitrogens with zero attached hydrogens (tertiary/aromatic N) is 5. The summed E-state index contributed by atoms with van der Waals surface area (Å²) >= 11 is 0. The number of carbonyl (C=O) groups excluding carboxylic acids is 1. The van der Waals surface area contributed by atoms with Crippen molar-refractivity contribution in [3.63, 3.8) is 0 Å². The van der Waals surface area contributed by atoms with E-state index in [0.717, 1.165) is 50.5 Å². The lowest BCUT2D eigenvalue weighted by Crippen LogP contribution is -2.49. The molecule has 2 aromatic rings. The van der Waals surface area contributed by atoms with Crippen LogP contribution in [0.15, 0.2) is 36.5 Å². The second kappa shape index (κ2) is 9.11. The van der Waals surface area contributed by atoms with Gasteiger partial charge < -0.3 is 19.4 Å². The number of hydrogen-bond acceptors (Lipinski definition) is 6. The maximum atomic E-state index is 13.0. The van der Waals surface area contributed by atoms with E-state index in [9.17, 15) is 4.79 Å². The highest BCUT2D eigenvalue weighted by atomic mass is 16.5. The van der Waals surface area contributed by atoms with E-state index in [0.29, 0.717) is 24.7 Å². The molecule has 0 aliphatic carbocycles. The topological polar surface area (TPSA) is 61.8 Å².